The van der Waals surface area contributed by atoms with Crippen LogP contribution in [0.15, 0.2) is 53.4 Å². The molecule has 0 aliphatic carbocycles. The van der Waals surface area contributed by atoms with Crippen LogP contribution < -0.4 is 14.8 Å². The molecule has 2 aromatic rings. The number of benzene rings is 2. The second-order valence-corrected chi connectivity index (χ2v) is 6.67. The Kier molecular flexibility index (Phi) is 6.11. The van der Waals surface area contributed by atoms with Crippen LogP contribution in [0.5, 0.6) is 5.75 Å². The summed E-state index contributed by atoms with van der Waals surface area (Å²) in [5.74, 6) is 0.150. The highest BCUT2D eigenvalue weighted by Gasteiger charge is 2.19. The second kappa shape index (κ2) is 8.28. The minimum atomic E-state index is -3.96. The summed E-state index contributed by atoms with van der Waals surface area (Å²) in [6, 6.07) is 14.3. The van der Waals surface area contributed by atoms with Crippen molar-refractivity contribution < 1.29 is 17.9 Å². The standard InChI is InChI=1S/C17H17N3O4S/c1-2-24-15-9-7-14(8-10-15)20-17(21)12-19-25(22,23)16-6-4-3-5-13(16)11-18/h3-10,19H,2,12H2,1H3,(H,20,21). The summed E-state index contributed by atoms with van der Waals surface area (Å²) in [6.45, 7) is 1.96. The van der Waals surface area contributed by atoms with E-state index >= 15 is 0 Å². The van der Waals surface area contributed by atoms with Gasteiger partial charge in [0.2, 0.25) is 15.9 Å². The molecule has 2 aromatic carbocycles. The van der Waals surface area contributed by atoms with Gasteiger partial charge in [-0.25, -0.2) is 13.1 Å². The molecular formula is C17H17N3O4S. The molecule has 0 unspecified atom stereocenters. The van der Waals surface area contributed by atoms with Crippen LogP contribution in [0, 0.1) is 11.3 Å². The van der Waals surface area contributed by atoms with Crippen molar-refractivity contribution in [1.82, 2.24) is 4.72 Å². The highest BCUT2D eigenvalue weighted by atomic mass is 32.2. The number of nitrogens with zero attached hydrogens (tertiary/aromatic N) is 1. The van der Waals surface area contributed by atoms with E-state index in [1.165, 1.54) is 18.2 Å². The molecule has 0 saturated heterocycles. The van der Waals surface area contributed by atoms with Crippen molar-refractivity contribution in [2.24, 2.45) is 0 Å². The molecule has 8 heteroatoms. The Bertz CT molecular complexity index is 887. The van der Waals surface area contributed by atoms with E-state index in [1.54, 1.807) is 30.3 Å². The van der Waals surface area contributed by atoms with E-state index < -0.39 is 22.5 Å². The summed E-state index contributed by atoms with van der Waals surface area (Å²) in [7, 11) is -3.96. The van der Waals surface area contributed by atoms with E-state index in [4.69, 9.17) is 10.00 Å². The van der Waals surface area contributed by atoms with E-state index in [1.807, 2.05) is 13.0 Å². The average Bonchev–Trinajstić information content (AvgIpc) is 2.62. The van der Waals surface area contributed by atoms with E-state index in [0.29, 0.717) is 18.0 Å². The van der Waals surface area contributed by atoms with Gasteiger partial charge < -0.3 is 10.1 Å². The first-order chi connectivity index (χ1) is 12.0. The summed E-state index contributed by atoms with van der Waals surface area (Å²) in [5, 5.41) is 11.6. The van der Waals surface area contributed by atoms with Gasteiger partial charge in [0.25, 0.3) is 0 Å². The van der Waals surface area contributed by atoms with Gasteiger partial charge in [0.15, 0.2) is 0 Å². The van der Waals surface area contributed by atoms with Crippen LogP contribution >= 0.6 is 0 Å². The summed E-state index contributed by atoms with van der Waals surface area (Å²) >= 11 is 0. The Balaban J connectivity index is 1.98. The SMILES string of the molecule is CCOc1ccc(NC(=O)CNS(=O)(=O)c2ccccc2C#N)cc1. The van der Waals surface area contributed by atoms with Gasteiger partial charge in [-0.1, -0.05) is 12.1 Å². The minimum Gasteiger partial charge on any atom is -0.494 e. The lowest BCUT2D eigenvalue weighted by atomic mass is 10.2. The predicted molar refractivity (Wildman–Crippen MR) is 92.6 cm³/mol. The van der Waals surface area contributed by atoms with E-state index in [-0.39, 0.29) is 10.5 Å². The van der Waals surface area contributed by atoms with Gasteiger partial charge in [-0.3, -0.25) is 4.79 Å². The number of amides is 1. The normalized spacial score (nSPS) is 10.7. The molecule has 2 rings (SSSR count). The van der Waals surface area contributed by atoms with Crippen LogP contribution in [0.2, 0.25) is 0 Å². The number of nitrogens with one attached hydrogen (secondary N) is 2. The third-order valence-corrected chi connectivity index (χ3v) is 4.63. The molecule has 0 atom stereocenters. The molecule has 0 spiro atoms. The maximum Gasteiger partial charge on any atom is 0.242 e. The molecule has 0 saturated carbocycles. The lowest BCUT2D eigenvalue weighted by Crippen LogP contribution is -2.33. The maximum absolute atomic E-state index is 12.2. The summed E-state index contributed by atoms with van der Waals surface area (Å²) in [5.41, 5.74) is 0.534. The van der Waals surface area contributed by atoms with Gasteiger partial charge in [0.1, 0.15) is 11.8 Å². The number of carbonyl (C=O) groups excluding carboxylic acids is 1. The zero-order chi connectivity index (χ0) is 18.3. The van der Waals surface area contributed by atoms with Crippen molar-refractivity contribution >= 4 is 21.6 Å². The van der Waals surface area contributed by atoms with Crippen molar-refractivity contribution in [3.05, 3.63) is 54.1 Å². The molecule has 0 bridgehead atoms. The van der Waals surface area contributed by atoms with Crippen molar-refractivity contribution in [1.29, 1.82) is 5.26 Å². The van der Waals surface area contributed by atoms with E-state index in [9.17, 15) is 13.2 Å². The molecule has 0 aromatic heterocycles. The monoisotopic (exact) mass is 359 g/mol. The van der Waals surface area contributed by atoms with E-state index in [2.05, 4.69) is 10.0 Å². The van der Waals surface area contributed by atoms with Crippen LogP contribution in [-0.2, 0) is 14.8 Å². The van der Waals surface area contributed by atoms with Gasteiger partial charge in [-0.15, -0.1) is 0 Å². The second-order valence-electron chi connectivity index (χ2n) is 4.94. The molecule has 0 radical (unpaired) electrons. The van der Waals surface area contributed by atoms with Crippen molar-refractivity contribution in [2.75, 3.05) is 18.5 Å². The van der Waals surface area contributed by atoms with Crippen LogP contribution in [0.25, 0.3) is 0 Å². The quantitative estimate of drug-likeness (QED) is 0.784. The predicted octanol–water partition coefficient (Wildman–Crippen LogP) is 1.87. The smallest absolute Gasteiger partial charge is 0.242 e. The zero-order valence-corrected chi connectivity index (χ0v) is 14.3. The molecular weight excluding hydrogens is 342 g/mol. The number of hydrogen-bond donors (Lipinski definition) is 2. The number of anilines is 1. The molecule has 0 aliphatic heterocycles. The number of sulfonamides is 1. The van der Waals surface area contributed by atoms with Gasteiger partial charge >= 0.3 is 0 Å². The molecule has 25 heavy (non-hydrogen) atoms. The Morgan fingerprint density at radius 1 is 1.16 bits per heavy atom. The van der Waals surface area contributed by atoms with Crippen molar-refractivity contribution in [3.8, 4) is 11.8 Å². The maximum atomic E-state index is 12.2. The lowest BCUT2D eigenvalue weighted by Gasteiger charge is -2.09. The first-order valence-electron chi connectivity index (χ1n) is 7.48. The third-order valence-electron chi connectivity index (χ3n) is 3.17. The lowest BCUT2D eigenvalue weighted by molar-refractivity contribution is -0.115. The van der Waals surface area contributed by atoms with Gasteiger partial charge in [-0.05, 0) is 43.3 Å². The minimum absolute atomic E-state index is 0.0157. The third kappa shape index (κ3) is 5.04. The van der Waals surface area contributed by atoms with Crippen LogP contribution in [0.1, 0.15) is 12.5 Å². The molecule has 7 nitrogen and oxygen atoms in total. The van der Waals surface area contributed by atoms with Crippen LogP contribution in [0.4, 0.5) is 5.69 Å². The van der Waals surface area contributed by atoms with Gasteiger partial charge in [-0.2, -0.15) is 5.26 Å². The number of nitriles is 1. The molecule has 0 fully saturated rings. The topological polar surface area (TPSA) is 108 Å². The molecule has 0 aliphatic rings. The molecule has 2 N–H and O–H groups in total. The van der Waals surface area contributed by atoms with Gasteiger partial charge in [0.05, 0.1) is 23.6 Å². The van der Waals surface area contributed by atoms with Crippen LogP contribution in [-0.4, -0.2) is 27.5 Å². The summed E-state index contributed by atoms with van der Waals surface area (Å²) in [6.07, 6.45) is 0. The van der Waals surface area contributed by atoms with Crippen molar-refractivity contribution in [2.45, 2.75) is 11.8 Å². The highest BCUT2D eigenvalue weighted by molar-refractivity contribution is 7.89. The molecule has 130 valence electrons. The van der Waals surface area contributed by atoms with Crippen molar-refractivity contribution in [3.63, 3.8) is 0 Å². The summed E-state index contributed by atoms with van der Waals surface area (Å²) < 4.78 is 31.9. The Morgan fingerprint density at radius 2 is 1.84 bits per heavy atom. The fraction of sp³-hybridized carbons (Fsp3) is 0.176. The fourth-order valence-corrected chi connectivity index (χ4v) is 3.18. The first-order valence-corrected chi connectivity index (χ1v) is 8.96. The average molecular weight is 359 g/mol. The first kappa shape index (κ1) is 18.4. The van der Waals surface area contributed by atoms with E-state index in [0.717, 1.165) is 0 Å². The Labute approximate surface area is 146 Å². The number of ether oxygens (including phenoxy) is 1. The largest absolute Gasteiger partial charge is 0.494 e. The zero-order valence-electron chi connectivity index (χ0n) is 13.5. The Hall–Kier alpha value is -2.89. The van der Waals surface area contributed by atoms with Gasteiger partial charge in [0, 0.05) is 5.69 Å². The molecule has 1 amide bonds. The summed E-state index contributed by atoms with van der Waals surface area (Å²) in [4.78, 5) is 11.8. The fourth-order valence-electron chi connectivity index (χ4n) is 2.04. The highest BCUT2D eigenvalue weighted by Crippen LogP contribution is 2.16. The molecule has 0 heterocycles. The number of carbonyl (C=O) groups is 1. The number of rotatable bonds is 7. The van der Waals surface area contributed by atoms with Crippen LogP contribution in [0.3, 0.4) is 0 Å². The number of hydrogen-bond acceptors (Lipinski definition) is 5. The Morgan fingerprint density at radius 3 is 2.48 bits per heavy atom.